The summed E-state index contributed by atoms with van der Waals surface area (Å²) >= 11 is 0. The molecule has 1 N–H and O–H groups in total. The molecule has 2 rings (SSSR count). The van der Waals surface area contributed by atoms with E-state index in [0.717, 1.165) is 12.1 Å². The first-order valence-electron chi connectivity index (χ1n) is 6.39. The van der Waals surface area contributed by atoms with Gasteiger partial charge in [-0.3, -0.25) is 0 Å². The number of nitrogens with zero attached hydrogens (tertiary/aromatic N) is 1. The summed E-state index contributed by atoms with van der Waals surface area (Å²) in [4.78, 5) is 3.97. The highest BCUT2D eigenvalue weighted by Gasteiger charge is 2.31. The maximum Gasteiger partial charge on any atom is 0.416 e. The van der Waals surface area contributed by atoms with Gasteiger partial charge >= 0.3 is 6.18 Å². The minimum absolute atomic E-state index is 0.0293. The van der Waals surface area contributed by atoms with Gasteiger partial charge in [-0.1, -0.05) is 6.92 Å². The molecule has 2 aromatic rings. The number of nitrogens with one attached hydrogen (secondary N) is 1. The van der Waals surface area contributed by atoms with E-state index in [1.165, 1.54) is 6.20 Å². The second-order valence-corrected chi connectivity index (χ2v) is 4.53. The predicted molar refractivity (Wildman–Crippen MR) is 69.0 cm³/mol. The highest BCUT2D eigenvalue weighted by atomic mass is 19.4. The lowest BCUT2D eigenvalue weighted by Gasteiger charge is -2.09. The molecule has 1 unspecified atom stereocenters. The molecule has 7 heteroatoms. The molecule has 0 saturated carbocycles. The third-order valence-electron chi connectivity index (χ3n) is 2.96. The Labute approximate surface area is 119 Å². The van der Waals surface area contributed by atoms with E-state index in [0.29, 0.717) is 18.5 Å². The Morgan fingerprint density at radius 1 is 1.33 bits per heavy atom. The number of halogens is 4. The van der Waals surface area contributed by atoms with Gasteiger partial charge < -0.3 is 9.73 Å². The van der Waals surface area contributed by atoms with Crippen molar-refractivity contribution in [3.05, 3.63) is 41.7 Å². The molecule has 1 atom stereocenters. The number of rotatable bonds is 4. The van der Waals surface area contributed by atoms with Crippen molar-refractivity contribution < 1.29 is 22.0 Å². The monoisotopic (exact) mass is 302 g/mol. The molecule has 0 spiro atoms. The largest absolute Gasteiger partial charge is 0.439 e. The quantitative estimate of drug-likeness (QED) is 0.861. The van der Waals surface area contributed by atoms with Crippen molar-refractivity contribution in [3.8, 4) is 11.3 Å². The van der Waals surface area contributed by atoms with Gasteiger partial charge in [0.2, 0.25) is 5.89 Å². The summed E-state index contributed by atoms with van der Waals surface area (Å²) in [5.41, 5.74) is -1.19. The molecule has 0 bridgehead atoms. The minimum atomic E-state index is -4.54. The van der Waals surface area contributed by atoms with Gasteiger partial charge in [0.1, 0.15) is 5.82 Å². The van der Waals surface area contributed by atoms with Crippen molar-refractivity contribution in [3.63, 3.8) is 0 Å². The zero-order valence-electron chi connectivity index (χ0n) is 11.5. The first-order chi connectivity index (χ1) is 9.82. The zero-order chi connectivity index (χ0) is 15.6. The summed E-state index contributed by atoms with van der Waals surface area (Å²) in [5, 5.41) is 3.05. The van der Waals surface area contributed by atoms with E-state index in [-0.39, 0.29) is 17.4 Å². The number of oxazole rings is 1. The van der Waals surface area contributed by atoms with Gasteiger partial charge in [-0.05, 0) is 31.7 Å². The van der Waals surface area contributed by atoms with Gasteiger partial charge in [0.25, 0.3) is 0 Å². The summed E-state index contributed by atoms with van der Waals surface area (Å²) in [6.45, 7) is 4.37. The molecule has 0 radical (unpaired) electrons. The summed E-state index contributed by atoms with van der Waals surface area (Å²) < 4.78 is 57.1. The molecule has 21 heavy (non-hydrogen) atoms. The first kappa shape index (κ1) is 15.5. The van der Waals surface area contributed by atoms with Crippen LogP contribution in [0.15, 0.2) is 28.8 Å². The summed E-state index contributed by atoms with van der Waals surface area (Å²) in [6, 6.07) is 1.97. The van der Waals surface area contributed by atoms with Crippen molar-refractivity contribution >= 4 is 0 Å². The Balaban J connectivity index is 2.38. The summed E-state index contributed by atoms with van der Waals surface area (Å²) in [6.07, 6.45) is -3.32. The van der Waals surface area contributed by atoms with E-state index in [9.17, 15) is 17.6 Å². The van der Waals surface area contributed by atoms with E-state index < -0.39 is 17.6 Å². The van der Waals surface area contributed by atoms with Crippen LogP contribution in [0.2, 0.25) is 0 Å². The fourth-order valence-electron chi connectivity index (χ4n) is 1.90. The fourth-order valence-corrected chi connectivity index (χ4v) is 1.90. The molecule has 0 saturated heterocycles. The predicted octanol–water partition coefficient (Wildman–Crippen LogP) is 4.17. The molecule has 114 valence electrons. The Bertz CT molecular complexity index is 622. The smallest absolute Gasteiger partial charge is 0.416 e. The molecule has 0 aliphatic carbocycles. The molecular formula is C14H14F4N2O. The van der Waals surface area contributed by atoms with Crippen LogP contribution in [0.25, 0.3) is 11.3 Å². The summed E-state index contributed by atoms with van der Waals surface area (Å²) in [7, 11) is 0. The highest BCUT2D eigenvalue weighted by Crippen LogP contribution is 2.34. The molecule has 1 aromatic heterocycles. The van der Waals surface area contributed by atoms with Crippen LogP contribution in [0.5, 0.6) is 0 Å². The Kier molecular flexibility index (Phi) is 4.32. The second kappa shape index (κ2) is 5.85. The molecule has 0 amide bonds. The van der Waals surface area contributed by atoms with E-state index in [4.69, 9.17) is 4.42 Å². The van der Waals surface area contributed by atoms with Crippen molar-refractivity contribution in [2.75, 3.05) is 6.54 Å². The van der Waals surface area contributed by atoms with Crippen LogP contribution in [0.3, 0.4) is 0 Å². The second-order valence-electron chi connectivity index (χ2n) is 4.53. The number of hydrogen-bond acceptors (Lipinski definition) is 3. The molecule has 0 aliphatic rings. The van der Waals surface area contributed by atoms with Crippen LogP contribution in [0.4, 0.5) is 17.6 Å². The average Bonchev–Trinajstić information content (AvgIpc) is 2.87. The van der Waals surface area contributed by atoms with Crippen LogP contribution in [0, 0.1) is 5.82 Å². The van der Waals surface area contributed by atoms with Gasteiger partial charge in [-0.15, -0.1) is 0 Å². The van der Waals surface area contributed by atoms with Crippen LogP contribution >= 0.6 is 0 Å². The van der Waals surface area contributed by atoms with Gasteiger partial charge in [-0.2, -0.15) is 13.2 Å². The van der Waals surface area contributed by atoms with Crippen molar-refractivity contribution in [1.29, 1.82) is 0 Å². The zero-order valence-corrected chi connectivity index (χ0v) is 11.5. The lowest BCUT2D eigenvalue weighted by molar-refractivity contribution is -0.137. The SMILES string of the molecule is CCNC(C)c1ncc(-c2cc(C(F)(F)F)ccc2F)o1. The molecule has 1 aromatic carbocycles. The number of hydrogen-bond donors (Lipinski definition) is 1. The maximum atomic E-state index is 13.7. The molecular weight excluding hydrogens is 288 g/mol. The normalized spacial score (nSPS) is 13.4. The summed E-state index contributed by atoms with van der Waals surface area (Å²) in [5.74, 6) is -0.524. The number of alkyl halides is 3. The van der Waals surface area contributed by atoms with Gasteiger partial charge in [-0.25, -0.2) is 9.37 Å². The van der Waals surface area contributed by atoms with Crippen molar-refractivity contribution in [2.45, 2.75) is 26.1 Å². The topological polar surface area (TPSA) is 38.1 Å². The van der Waals surface area contributed by atoms with Gasteiger partial charge in [0, 0.05) is 0 Å². The lowest BCUT2D eigenvalue weighted by Crippen LogP contribution is -2.17. The van der Waals surface area contributed by atoms with Crippen molar-refractivity contribution in [2.24, 2.45) is 0 Å². The molecule has 1 heterocycles. The Hall–Kier alpha value is -1.89. The minimum Gasteiger partial charge on any atom is -0.439 e. The first-order valence-corrected chi connectivity index (χ1v) is 6.39. The number of aromatic nitrogens is 1. The Morgan fingerprint density at radius 3 is 2.67 bits per heavy atom. The molecule has 0 aliphatic heterocycles. The fraction of sp³-hybridized carbons (Fsp3) is 0.357. The van der Waals surface area contributed by atoms with Crippen LogP contribution < -0.4 is 5.32 Å². The van der Waals surface area contributed by atoms with Crippen LogP contribution in [0.1, 0.15) is 31.3 Å². The Morgan fingerprint density at radius 2 is 2.05 bits per heavy atom. The van der Waals surface area contributed by atoms with Crippen molar-refractivity contribution in [1.82, 2.24) is 10.3 Å². The molecule has 0 fully saturated rings. The van der Waals surface area contributed by atoms with E-state index in [2.05, 4.69) is 10.3 Å². The van der Waals surface area contributed by atoms with E-state index in [1.807, 2.05) is 6.92 Å². The number of benzene rings is 1. The van der Waals surface area contributed by atoms with Crippen LogP contribution in [-0.2, 0) is 6.18 Å². The average molecular weight is 302 g/mol. The molecule has 3 nitrogen and oxygen atoms in total. The van der Waals surface area contributed by atoms with Gasteiger partial charge in [0.15, 0.2) is 5.76 Å². The highest BCUT2D eigenvalue weighted by molar-refractivity contribution is 5.58. The van der Waals surface area contributed by atoms with E-state index >= 15 is 0 Å². The standard InChI is InChI=1S/C14H14F4N2O/c1-3-19-8(2)13-20-7-12(21-13)10-6-9(14(16,17)18)4-5-11(10)15/h4-8,19H,3H2,1-2H3. The van der Waals surface area contributed by atoms with Crippen LogP contribution in [-0.4, -0.2) is 11.5 Å². The third-order valence-corrected chi connectivity index (χ3v) is 2.96. The maximum absolute atomic E-state index is 13.7. The van der Waals surface area contributed by atoms with E-state index in [1.54, 1.807) is 6.92 Å². The third kappa shape index (κ3) is 3.41. The lowest BCUT2D eigenvalue weighted by atomic mass is 10.1. The van der Waals surface area contributed by atoms with Gasteiger partial charge in [0.05, 0.1) is 23.4 Å².